The van der Waals surface area contributed by atoms with Crippen molar-refractivity contribution in [3.8, 4) is 11.5 Å². The van der Waals surface area contributed by atoms with E-state index in [0.29, 0.717) is 31.9 Å². The number of para-hydroxylation sites is 1. The van der Waals surface area contributed by atoms with Gasteiger partial charge in [-0.15, -0.1) is 0 Å². The Balaban J connectivity index is 1.58. The largest absolute Gasteiger partial charge is 0.497 e. The number of aryl methyl sites for hydroxylation is 1. The zero-order valence-corrected chi connectivity index (χ0v) is 14.6. The molecule has 2 aromatic rings. The van der Waals surface area contributed by atoms with Crippen LogP contribution < -0.4 is 9.47 Å². The maximum absolute atomic E-state index is 12.7. The molecular weight excluding hydrogens is 318 g/mol. The SMILES string of the molecule is COc1ccc(C(=O)N2CCOC(COc3ccccc3C)C2)cc1. The van der Waals surface area contributed by atoms with Crippen molar-refractivity contribution >= 4 is 5.91 Å². The van der Waals surface area contributed by atoms with Crippen LogP contribution in [-0.4, -0.2) is 50.3 Å². The summed E-state index contributed by atoms with van der Waals surface area (Å²) in [6.07, 6.45) is -0.129. The van der Waals surface area contributed by atoms with Crippen LogP contribution in [0.25, 0.3) is 0 Å². The molecule has 0 N–H and O–H groups in total. The van der Waals surface area contributed by atoms with Crippen LogP contribution in [0.1, 0.15) is 15.9 Å². The van der Waals surface area contributed by atoms with Gasteiger partial charge in [0.15, 0.2) is 0 Å². The lowest BCUT2D eigenvalue weighted by molar-refractivity contribution is -0.0402. The first-order valence-electron chi connectivity index (χ1n) is 8.40. The maximum Gasteiger partial charge on any atom is 0.254 e. The Morgan fingerprint density at radius 3 is 2.68 bits per heavy atom. The van der Waals surface area contributed by atoms with Crippen LogP contribution >= 0.6 is 0 Å². The molecule has 5 heteroatoms. The Bertz CT molecular complexity index is 714. The summed E-state index contributed by atoms with van der Waals surface area (Å²) in [5.41, 5.74) is 1.74. The first-order valence-corrected chi connectivity index (χ1v) is 8.40. The Morgan fingerprint density at radius 2 is 1.96 bits per heavy atom. The third-order valence-corrected chi connectivity index (χ3v) is 4.28. The van der Waals surface area contributed by atoms with Gasteiger partial charge in [0.1, 0.15) is 24.2 Å². The molecule has 0 bridgehead atoms. The van der Waals surface area contributed by atoms with E-state index in [1.54, 1.807) is 31.4 Å². The van der Waals surface area contributed by atoms with Gasteiger partial charge in [-0.1, -0.05) is 18.2 Å². The smallest absolute Gasteiger partial charge is 0.254 e. The lowest BCUT2D eigenvalue weighted by atomic mass is 10.1. The molecule has 3 rings (SSSR count). The summed E-state index contributed by atoms with van der Waals surface area (Å²) < 4.78 is 16.7. The first kappa shape index (κ1) is 17.3. The van der Waals surface area contributed by atoms with Crippen molar-refractivity contribution in [3.63, 3.8) is 0 Å². The normalized spacial score (nSPS) is 17.2. The van der Waals surface area contributed by atoms with Gasteiger partial charge in [-0.05, 0) is 42.8 Å². The minimum atomic E-state index is -0.129. The van der Waals surface area contributed by atoms with E-state index in [1.807, 2.05) is 36.1 Å². The summed E-state index contributed by atoms with van der Waals surface area (Å²) >= 11 is 0. The summed E-state index contributed by atoms with van der Waals surface area (Å²) in [5, 5.41) is 0. The number of hydrogen-bond acceptors (Lipinski definition) is 4. The second-order valence-electron chi connectivity index (χ2n) is 6.05. The average molecular weight is 341 g/mol. The molecule has 1 amide bonds. The fourth-order valence-electron chi connectivity index (χ4n) is 2.82. The Labute approximate surface area is 148 Å². The van der Waals surface area contributed by atoms with Crippen molar-refractivity contribution in [2.45, 2.75) is 13.0 Å². The fraction of sp³-hybridized carbons (Fsp3) is 0.350. The quantitative estimate of drug-likeness (QED) is 0.839. The molecule has 2 aromatic carbocycles. The van der Waals surface area contributed by atoms with Gasteiger partial charge in [-0.25, -0.2) is 0 Å². The van der Waals surface area contributed by atoms with Crippen LogP contribution in [0.5, 0.6) is 11.5 Å². The highest BCUT2D eigenvalue weighted by Crippen LogP contribution is 2.18. The molecule has 1 unspecified atom stereocenters. The van der Waals surface area contributed by atoms with E-state index in [4.69, 9.17) is 14.2 Å². The van der Waals surface area contributed by atoms with Crippen LogP contribution in [0.4, 0.5) is 0 Å². The second kappa shape index (κ2) is 8.03. The molecule has 5 nitrogen and oxygen atoms in total. The summed E-state index contributed by atoms with van der Waals surface area (Å²) in [5.74, 6) is 1.60. The summed E-state index contributed by atoms with van der Waals surface area (Å²) in [6, 6.07) is 15.1. The molecule has 25 heavy (non-hydrogen) atoms. The van der Waals surface area contributed by atoms with Gasteiger partial charge in [0.25, 0.3) is 5.91 Å². The lowest BCUT2D eigenvalue weighted by Gasteiger charge is -2.33. The highest BCUT2D eigenvalue weighted by molar-refractivity contribution is 5.94. The number of hydrogen-bond donors (Lipinski definition) is 0. The van der Waals surface area contributed by atoms with Crippen molar-refractivity contribution in [1.29, 1.82) is 0 Å². The molecule has 1 atom stereocenters. The van der Waals surface area contributed by atoms with Gasteiger partial charge in [0, 0.05) is 12.1 Å². The van der Waals surface area contributed by atoms with Crippen LogP contribution in [-0.2, 0) is 4.74 Å². The van der Waals surface area contributed by atoms with Gasteiger partial charge in [0.05, 0.1) is 20.3 Å². The highest BCUT2D eigenvalue weighted by atomic mass is 16.5. The minimum Gasteiger partial charge on any atom is -0.497 e. The number of amides is 1. The van der Waals surface area contributed by atoms with E-state index < -0.39 is 0 Å². The van der Waals surface area contributed by atoms with Gasteiger partial charge in [-0.3, -0.25) is 4.79 Å². The van der Waals surface area contributed by atoms with Gasteiger partial charge < -0.3 is 19.1 Å². The number of nitrogens with zero attached hydrogens (tertiary/aromatic N) is 1. The van der Waals surface area contributed by atoms with Crippen molar-refractivity contribution in [3.05, 3.63) is 59.7 Å². The summed E-state index contributed by atoms with van der Waals surface area (Å²) in [4.78, 5) is 14.5. The second-order valence-corrected chi connectivity index (χ2v) is 6.05. The molecule has 1 aliphatic rings. The maximum atomic E-state index is 12.7. The molecule has 0 radical (unpaired) electrons. The fourth-order valence-corrected chi connectivity index (χ4v) is 2.82. The number of benzene rings is 2. The van der Waals surface area contributed by atoms with E-state index in [-0.39, 0.29) is 12.0 Å². The van der Waals surface area contributed by atoms with Gasteiger partial charge in [-0.2, -0.15) is 0 Å². The van der Waals surface area contributed by atoms with E-state index in [0.717, 1.165) is 17.1 Å². The molecular formula is C20H23NO4. The Morgan fingerprint density at radius 1 is 1.20 bits per heavy atom. The lowest BCUT2D eigenvalue weighted by Crippen LogP contribution is -2.47. The summed E-state index contributed by atoms with van der Waals surface area (Å²) in [7, 11) is 1.61. The molecule has 0 aromatic heterocycles. The number of rotatable bonds is 5. The molecule has 1 saturated heterocycles. The van der Waals surface area contributed by atoms with E-state index in [1.165, 1.54) is 0 Å². The Kier molecular flexibility index (Phi) is 5.56. The predicted octanol–water partition coefficient (Wildman–Crippen LogP) is 2.92. The highest BCUT2D eigenvalue weighted by Gasteiger charge is 2.25. The average Bonchev–Trinajstić information content (AvgIpc) is 2.67. The number of methoxy groups -OCH3 is 1. The Hall–Kier alpha value is -2.53. The molecule has 0 spiro atoms. The number of carbonyl (C=O) groups excluding carboxylic acids is 1. The first-order chi connectivity index (χ1) is 12.2. The van der Waals surface area contributed by atoms with Crippen molar-refractivity contribution in [2.75, 3.05) is 33.4 Å². The zero-order valence-electron chi connectivity index (χ0n) is 14.6. The topological polar surface area (TPSA) is 48.0 Å². The van der Waals surface area contributed by atoms with Gasteiger partial charge in [0.2, 0.25) is 0 Å². The van der Waals surface area contributed by atoms with E-state index in [2.05, 4.69) is 0 Å². The zero-order chi connectivity index (χ0) is 17.6. The molecule has 1 heterocycles. The number of ether oxygens (including phenoxy) is 3. The van der Waals surface area contributed by atoms with Gasteiger partial charge >= 0.3 is 0 Å². The molecule has 0 aliphatic carbocycles. The van der Waals surface area contributed by atoms with Crippen molar-refractivity contribution in [1.82, 2.24) is 4.90 Å². The third kappa shape index (κ3) is 4.31. The third-order valence-electron chi connectivity index (χ3n) is 4.28. The number of morpholine rings is 1. The standard InChI is InChI=1S/C20H23NO4/c1-15-5-3-4-6-19(15)25-14-18-13-21(11-12-24-18)20(22)16-7-9-17(23-2)10-8-16/h3-10,18H,11-14H2,1-2H3. The van der Waals surface area contributed by atoms with Crippen LogP contribution in [0.15, 0.2) is 48.5 Å². The molecule has 0 saturated carbocycles. The number of carbonyl (C=O) groups is 1. The van der Waals surface area contributed by atoms with Crippen molar-refractivity contribution in [2.24, 2.45) is 0 Å². The predicted molar refractivity (Wildman–Crippen MR) is 95.3 cm³/mol. The van der Waals surface area contributed by atoms with Crippen LogP contribution in [0.2, 0.25) is 0 Å². The minimum absolute atomic E-state index is 0.00634. The van der Waals surface area contributed by atoms with Crippen LogP contribution in [0.3, 0.4) is 0 Å². The molecule has 132 valence electrons. The van der Waals surface area contributed by atoms with E-state index >= 15 is 0 Å². The van der Waals surface area contributed by atoms with Crippen LogP contribution in [0, 0.1) is 6.92 Å². The molecule has 1 fully saturated rings. The molecule has 1 aliphatic heterocycles. The monoisotopic (exact) mass is 341 g/mol. The summed E-state index contributed by atoms with van der Waals surface area (Å²) in [6.45, 7) is 4.07. The van der Waals surface area contributed by atoms with E-state index in [9.17, 15) is 4.79 Å². The van der Waals surface area contributed by atoms with Crippen molar-refractivity contribution < 1.29 is 19.0 Å².